The van der Waals surface area contributed by atoms with Crippen LogP contribution < -0.4 is 0 Å². The zero-order valence-electron chi connectivity index (χ0n) is 39.5. The minimum absolute atomic E-state index is 0.0856. The van der Waals surface area contributed by atoms with Gasteiger partial charge in [0.05, 0.1) is 0 Å². The van der Waals surface area contributed by atoms with Crippen LogP contribution in [0, 0.1) is 0 Å². The predicted octanol–water partition coefficient (Wildman–Crippen LogP) is 16.5. The fraction of sp³-hybridized carbons (Fsp3) is 0.759. The van der Waals surface area contributed by atoms with E-state index in [4.69, 9.17) is 14.2 Å². The topological polar surface area (TPSA) is 78.9 Å². The number of unbranched alkanes of at least 4 members (excludes halogenated alkanes) is 25. The standard InChI is InChI=1S/C54H94O6/c1-4-7-10-13-16-19-22-25-27-30-32-35-38-41-44-47-53(56)59-50-51(49-58-52(55)46-43-40-37-34-31-28-24-21-18-15-12-9-6-3)60-54(57)48-45-42-39-36-33-29-26-23-20-17-14-11-8-5-2/h8,11,16-17,19-20,22,25-26,29,51H,4-7,9-10,12-15,18,21,23-24,27-28,30-50H2,1-3H3/b11-8-,19-16-,20-17-,25-22-,29-26-. The van der Waals surface area contributed by atoms with Crippen LogP contribution in [0.1, 0.15) is 245 Å². The van der Waals surface area contributed by atoms with Gasteiger partial charge in [-0.2, -0.15) is 0 Å². The van der Waals surface area contributed by atoms with E-state index in [2.05, 4.69) is 81.5 Å². The molecule has 0 amide bonds. The average Bonchev–Trinajstić information content (AvgIpc) is 3.24. The summed E-state index contributed by atoms with van der Waals surface area (Å²) in [7, 11) is 0. The van der Waals surface area contributed by atoms with Gasteiger partial charge in [-0.1, -0.05) is 210 Å². The Morgan fingerprint density at radius 3 is 1.15 bits per heavy atom. The fourth-order valence-electron chi connectivity index (χ4n) is 6.98. The van der Waals surface area contributed by atoms with Gasteiger partial charge in [0.1, 0.15) is 13.2 Å². The van der Waals surface area contributed by atoms with Crippen LogP contribution in [0.25, 0.3) is 0 Å². The number of allylic oxidation sites excluding steroid dienone is 10. The molecule has 346 valence electrons. The number of rotatable bonds is 45. The van der Waals surface area contributed by atoms with Gasteiger partial charge in [-0.05, 0) is 77.0 Å². The monoisotopic (exact) mass is 839 g/mol. The lowest BCUT2D eigenvalue weighted by atomic mass is 10.0. The van der Waals surface area contributed by atoms with Crippen molar-refractivity contribution in [1.29, 1.82) is 0 Å². The van der Waals surface area contributed by atoms with Crippen LogP contribution in [0.4, 0.5) is 0 Å². The Labute approximate surface area is 370 Å². The first-order chi connectivity index (χ1) is 29.5. The van der Waals surface area contributed by atoms with Crippen molar-refractivity contribution < 1.29 is 28.6 Å². The van der Waals surface area contributed by atoms with Crippen molar-refractivity contribution in [3.05, 3.63) is 60.8 Å². The predicted molar refractivity (Wildman–Crippen MR) is 256 cm³/mol. The van der Waals surface area contributed by atoms with E-state index in [1.807, 2.05) is 0 Å². The van der Waals surface area contributed by atoms with E-state index < -0.39 is 6.10 Å². The molecule has 0 heterocycles. The Kier molecular flexibility index (Phi) is 46.4. The molecule has 0 radical (unpaired) electrons. The highest BCUT2D eigenvalue weighted by atomic mass is 16.6. The third-order valence-corrected chi connectivity index (χ3v) is 10.8. The summed E-state index contributed by atoms with van der Waals surface area (Å²) in [5.74, 6) is -0.917. The van der Waals surface area contributed by atoms with Crippen LogP contribution in [0.5, 0.6) is 0 Å². The van der Waals surface area contributed by atoms with Crippen LogP contribution in [-0.4, -0.2) is 37.2 Å². The van der Waals surface area contributed by atoms with Gasteiger partial charge in [0, 0.05) is 19.3 Å². The molecule has 0 aromatic carbocycles. The first-order valence-electron chi connectivity index (χ1n) is 25.3. The fourth-order valence-corrected chi connectivity index (χ4v) is 6.98. The number of carbonyl (C=O) groups excluding carboxylic acids is 3. The highest BCUT2D eigenvalue weighted by molar-refractivity contribution is 5.71. The van der Waals surface area contributed by atoms with Crippen LogP contribution >= 0.6 is 0 Å². The van der Waals surface area contributed by atoms with Gasteiger partial charge in [-0.3, -0.25) is 14.4 Å². The first-order valence-corrected chi connectivity index (χ1v) is 25.3. The summed E-state index contributed by atoms with van der Waals surface area (Å²) >= 11 is 0. The molecule has 0 fully saturated rings. The van der Waals surface area contributed by atoms with Crippen LogP contribution in [0.15, 0.2) is 60.8 Å². The van der Waals surface area contributed by atoms with Crippen molar-refractivity contribution in [2.75, 3.05) is 13.2 Å². The van der Waals surface area contributed by atoms with Gasteiger partial charge in [0.15, 0.2) is 6.10 Å². The number of ether oxygens (including phenoxy) is 3. The van der Waals surface area contributed by atoms with Gasteiger partial charge in [0.25, 0.3) is 0 Å². The van der Waals surface area contributed by atoms with E-state index in [0.717, 1.165) is 96.3 Å². The zero-order valence-corrected chi connectivity index (χ0v) is 39.5. The van der Waals surface area contributed by atoms with Crippen molar-refractivity contribution in [2.24, 2.45) is 0 Å². The largest absolute Gasteiger partial charge is 0.462 e. The average molecular weight is 839 g/mol. The Balaban J connectivity index is 4.43. The SMILES string of the molecule is CC/C=C\C/C=C\C/C=C\CCCCCCC(=O)OC(COC(=O)CCCCCCCC/C=C\C=C/CCCCC)COC(=O)CCCCCCCCCCCCCCC. The van der Waals surface area contributed by atoms with E-state index in [9.17, 15) is 14.4 Å². The van der Waals surface area contributed by atoms with Crippen molar-refractivity contribution >= 4 is 17.9 Å². The molecule has 0 bridgehead atoms. The van der Waals surface area contributed by atoms with Gasteiger partial charge < -0.3 is 14.2 Å². The minimum Gasteiger partial charge on any atom is -0.462 e. The Morgan fingerprint density at radius 2 is 0.700 bits per heavy atom. The van der Waals surface area contributed by atoms with Gasteiger partial charge in [-0.15, -0.1) is 0 Å². The van der Waals surface area contributed by atoms with Crippen molar-refractivity contribution in [2.45, 2.75) is 252 Å². The Morgan fingerprint density at radius 1 is 0.367 bits per heavy atom. The molecule has 0 aromatic rings. The number of hydrogen-bond acceptors (Lipinski definition) is 6. The second kappa shape index (κ2) is 48.8. The molecular formula is C54H94O6. The summed E-state index contributed by atoms with van der Waals surface area (Å²) in [6.45, 7) is 6.47. The quantitative estimate of drug-likeness (QED) is 0.0200. The van der Waals surface area contributed by atoms with E-state index in [0.29, 0.717) is 19.3 Å². The zero-order chi connectivity index (χ0) is 43.7. The second-order valence-corrected chi connectivity index (χ2v) is 16.7. The van der Waals surface area contributed by atoms with Gasteiger partial charge in [-0.25, -0.2) is 0 Å². The molecule has 1 unspecified atom stereocenters. The molecule has 0 saturated heterocycles. The highest BCUT2D eigenvalue weighted by Gasteiger charge is 2.19. The second-order valence-electron chi connectivity index (χ2n) is 16.7. The molecule has 6 nitrogen and oxygen atoms in total. The first kappa shape index (κ1) is 57.1. The molecule has 0 aliphatic rings. The Hall–Kier alpha value is -2.89. The van der Waals surface area contributed by atoms with Gasteiger partial charge in [0.2, 0.25) is 0 Å². The smallest absolute Gasteiger partial charge is 0.306 e. The molecule has 0 aliphatic heterocycles. The maximum Gasteiger partial charge on any atom is 0.306 e. The molecule has 0 aliphatic carbocycles. The number of carbonyl (C=O) groups is 3. The molecule has 0 saturated carbocycles. The number of hydrogen-bond donors (Lipinski definition) is 0. The summed E-state index contributed by atoms with van der Waals surface area (Å²) in [6.07, 6.45) is 59.1. The van der Waals surface area contributed by atoms with Crippen LogP contribution in [-0.2, 0) is 28.6 Å². The lowest BCUT2D eigenvalue weighted by Gasteiger charge is -2.18. The van der Waals surface area contributed by atoms with Crippen LogP contribution in [0.2, 0.25) is 0 Å². The summed E-state index contributed by atoms with van der Waals surface area (Å²) < 4.78 is 16.8. The maximum absolute atomic E-state index is 12.8. The van der Waals surface area contributed by atoms with E-state index in [1.54, 1.807) is 0 Å². The molecule has 6 heteroatoms. The maximum atomic E-state index is 12.8. The lowest BCUT2D eigenvalue weighted by molar-refractivity contribution is -0.167. The van der Waals surface area contributed by atoms with Crippen molar-refractivity contribution in [3.63, 3.8) is 0 Å². The summed E-state index contributed by atoms with van der Waals surface area (Å²) in [5, 5.41) is 0. The molecule has 0 rings (SSSR count). The molecule has 60 heavy (non-hydrogen) atoms. The molecular weight excluding hydrogens is 745 g/mol. The number of esters is 3. The lowest BCUT2D eigenvalue weighted by Crippen LogP contribution is -2.30. The van der Waals surface area contributed by atoms with Gasteiger partial charge >= 0.3 is 17.9 Å². The van der Waals surface area contributed by atoms with E-state index >= 15 is 0 Å². The van der Waals surface area contributed by atoms with Crippen molar-refractivity contribution in [1.82, 2.24) is 0 Å². The molecule has 1 atom stereocenters. The molecule has 0 spiro atoms. The molecule has 0 N–H and O–H groups in total. The molecule has 0 aromatic heterocycles. The third-order valence-electron chi connectivity index (χ3n) is 10.8. The van der Waals surface area contributed by atoms with Crippen LogP contribution in [0.3, 0.4) is 0 Å². The van der Waals surface area contributed by atoms with Crippen molar-refractivity contribution in [3.8, 4) is 0 Å². The minimum atomic E-state index is -0.788. The summed E-state index contributed by atoms with van der Waals surface area (Å²) in [4.78, 5) is 37.9. The third kappa shape index (κ3) is 46.2. The summed E-state index contributed by atoms with van der Waals surface area (Å²) in [5.41, 5.74) is 0. The normalized spacial score (nSPS) is 12.5. The highest BCUT2D eigenvalue weighted by Crippen LogP contribution is 2.15. The van der Waals surface area contributed by atoms with E-state index in [1.165, 1.54) is 109 Å². The Bertz CT molecular complexity index is 1100. The van der Waals surface area contributed by atoms with E-state index in [-0.39, 0.29) is 31.1 Å². The summed E-state index contributed by atoms with van der Waals surface area (Å²) in [6, 6.07) is 0.